The number of fused-ring (bicyclic) bond motifs is 1. The van der Waals surface area contributed by atoms with E-state index in [2.05, 4.69) is 10.6 Å². The fraction of sp³-hybridized carbons (Fsp3) is 0.222. The van der Waals surface area contributed by atoms with E-state index in [0.29, 0.717) is 0 Å². The summed E-state index contributed by atoms with van der Waals surface area (Å²) in [4.78, 5) is 23.4. The Bertz CT molecular complexity index is 787. The summed E-state index contributed by atoms with van der Waals surface area (Å²) in [6, 6.07) is 9.79. The molecule has 4 nitrogen and oxygen atoms in total. The molecule has 0 heterocycles. The summed E-state index contributed by atoms with van der Waals surface area (Å²) in [6.45, 7) is 1.29. The van der Waals surface area contributed by atoms with E-state index in [4.69, 9.17) is 0 Å². The molecule has 0 aromatic heterocycles. The van der Waals surface area contributed by atoms with Crippen LogP contribution < -0.4 is 10.6 Å². The lowest BCUT2D eigenvalue weighted by molar-refractivity contribution is -0.114. The van der Waals surface area contributed by atoms with Gasteiger partial charge in [-0.2, -0.15) is 0 Å². The molecule has 2 amide bonds. The number of aryl methyl sites for hydroxylation is 2. The van der Waals surface area contributed by atoms with Gasteiger partial charge in [-0.25, -0.2) is 4.39 Å². The van der Waals surface area contributed by atoms with E-state index in [0.717, 1.165) is 24.9 Å². The van der Waals surface area contributed by atoms with Crippen molar-refractivity contribution in [3.8, 4) is 0 Å². The zero-order valence-electron chi connectivity index (χ0n) is 12.8. The number of carbonyl (C=O) groups is 2. The minimum atomic E-state index is -0.575. The Morgan fingerprint density at radius 3 is 2.57 bits per heavy atom. The summed E-state index contributed by atoms with van der Waals surface area (Å²) in [7, 11) is 0. The molecule has 0 saturated carbocycles. The summed E-state index contributed by atoms with van der Waals surface area (Å²) in [5.74, 6) is -1.30. The first-order chi connectivity index (χ1) is 11.0. The van der Waals surface area contributed by atoms with Gasteiger partial charge in [0, 0.05) is 18.2 Å². The van der Waals surface area contributed by atoms with Crippen LogP contribution in [0.1, 0.15) is 34.8 Å². The van der Waals surface area contributed by atoms with E-state index >= 15 is 0 Å². The fourth-order valence-corrected chi connectivity index (χ4v) is 2.80. The maximum absolute atomic E-state index is 13.6. The van der Waals surface area contributed by atoms with Crippen LogP contribution in [0.5, 0.6) is 0 Å². The Kier molecular flexibility index (Phi) is 4.10. The predicted molar refractivity (Wildman–Crippen MR) is 87.1 cm³/mol. The van der Waals surface area contributed by atoms with Crippen molar-refractivity contribution in [2.24, 2.45) is 0 Å². The third-order valence-electron chi connectivity index (χ3n) is 3.90. The highest BCUT2D eigenvalue weighted by Gasteiger charge is 2.14. The highest BCUT2D eigenvalue weighted by Crippen LogP contribution is 2.25. The highest BCUT2D eigenvalue weighted by molar-refractivity contribution is 6.05. The molecule has 1 aliphatic carbocycles. The quantitative estimate of drug-likeness (QED) is 0.911. The highest BCUT2D eigenvalue weighted by atomic mass is 19.1. The Hall–Kier alpha value is -2.69. The molecule has 2 aromatic carbocycles. The molecule has 5 heteroatoms. The number of halogens is 1. The van der Waals surface area contributed by atoms with E-state index in [-0.39, 0.29) is 23.1 Å². The summed E-state index contributed by atoms with van der Waals surface area (Å²) in [5, 5.41) is 5.19. The minimum Gasteiger partial charge on any atom is -0.324 e. The first kappa shape index (κ1) is 15.2. The number of amides is 2. The average molecular weight is 312 g/mol. The second-order valence-electron chi connectivity index (χ2n) is 5.67. The van der Waals surface area contributed by atoms with Gasteiger partial charge in [-0.15, -0.1) is 0 Å². The molecule has 3 rings (SSSR count). The van der Waals surface area contributed by atoms with Crippen molar-refractivity contribution < 1.29 is 14.0 Å². The maximum Gasteiger partial charge on any atom is 0.255 e. The first-order valence-corrected chi connectivity index (χ1v) is 7.53. The molecule has 0 atom stereocenters. The summed E-state index contributed by atoms with van der Waals surface area (Å²) >= 11 is 0. The van der Waals surface area contributed by atoms with Crippen molar-refractivity contribution in [2.45, 2.75) is 26.2 Å². The predicted octanol–water partition coefficient (Wildman–Crippen LogP) is 3.53. The number of carbonyl (C=O) groups excluding carboxylic acids is 2. The molecule has 0 fully saturated rings. The molecule has 0 unspecified atom stereocenters. The molecular formula is C18H17FN2O2. The zero-order valence-corrected chi connectivity index (χ0v) is 12.8. The van der Waals surface area contributed by atoms with Crippen LogP contribution in [0.25, 0.3) is 0 Å². The number of benzene rings is 2. The van der Waals surface area contributed by atoms with E-state index in [1.165, 1.54) is 36.2 Å². The monoisotopic (exact) mass is 312 g/mol. The number of hydrogen-bond acceptors (Lipinski definition) is 2. The lowest BCUT2D eigenvalue weighted by atomic mass is 10.1. The van der Waals surface area contributed by atoms with Crippen molar-refractivity contribution in [2.75, 3.05) is 10.6 Å². The Morgan fingerprint density at radius 2 is 1.78 bits per heavy atom. The standard InChI is InChI=1S/C18H17FN2O2/c1-11(22)20-17-10-14(6-8-16(17)19)18(23)21-15-7-5-12-3-2-4-13(12)9-15/h5-10H,2-4H2,1H3,(H,20,22)(H,21,23). The summed E-state index contributed by atoms with van der Waals surface area (Å²) in [6.07, 6.45) is 3.26. The van der Waals surface area contributed by atoms with Gasteiger partial charge in [0.15, 0.2) is 0 Å². The number of anilines is 2. The number of hydrogen-bond donors (Lipinski definition) is 2. The normalized spacial score (nSPS) is 12.6. The lowest BCUT2D eigenvalue weighted by Crippen LogP contribution is -2.14. The Labute approximate surface area is 133 Å². The van der Waals surface area contributed by atoms with E-state index in [1.54, 1.807) is 0 Å². The Balaban J connectivity index is 1.79. The molecule has 0 saturated heterocycles. The van der Waals surface area contributed by atoms with Crippen LogP contribution in [0.2, 0.25) is 0 Å². The van der Waals surface area contributed by atoms with Gasteiger partial charge in [0.05, 0.1) is 5.69 Å². The zero-order chi connectivity index (χ0) is 16.4. The van der Waals surface area contributed by atoms with Gasteiger partial charge in [0.2, 0.25) is 5.91 Å². The lowest BCUT2D eigenvalue weighted by Gasteiger charge is -2.09. The molecule has 0 spiro atoms. The first-order valence-electron chi connectivity index (χ1n) is 7.53. The number of rotatable bonds is 3. The van der Waals surface area contributed by atoms with Crippen LogP contribution in [-0.2, 0) is 17.6 Å². The summed E-state index contributed by atoms with van der Waals surface area (Å²) in [5.41, 5.74) is 3.61. The molecule has 0 radical (unpaired) electrons. The van der Waals surface area contributed by atoms with Crippen LogP contribution in [0, 0.1) is 5.82 Å². The fourth-order valence-electron chi connectivity index (χ4n) is 2.80. The average Bonchev–Trinajstić information content (AvgIpc) is 2.96. The molecular weight excluding hydrogens is 295 g/mol. The topological polar surface area (TPSA) is 58.2 Å². The van der Waals surface area contributed by atoms with Gasteiger partial charge < -0.3 is 10.6 Å². The van der Waals surface area contributed by atoms with Gasteiger partial charge in [-0.1, -0.05) is 6.07 Å². The van der Waals surface area contributed by atoms with E-state index in [9.17, 15) is 14.0 Å². The molecule has 0 aliphatic heterocycles. The van der Waals surface area contributed by atoms with Gasteiger partial charge in [-0.3, -0.25) is 9.59 Å². The second kappa shape index (κ2) is 6.20. The molecule has 23 heavy (non-hydrogen) atoms. The van der Waals surface area contributed by atoms with Gasteiger partial charge in [0.25, 0.3) is 5.91 Å². The van der Waals surface area contributed by atoms with Crippen LogP contribution in [0.15, 0.2) is 36.4 Å². The Morgan fingerprint density at radius 1 is 1.00 bits per heavy atom. The third kappa shape index (κ3) is 3.39. The van der Waals surface area contributed by atoms with Crippen molar-refractivity contribution in [1.82, 2.24) is 0 Å². The van der Waals surface area contributed by atoms with Gasteiger partial charge >= 0.3 is 0 Å². The van der Waals surface area contributed by atoms with Crippen molar-refractivity contribution in [3.05, 3.63) is 58.9 Å². The van der Waals surface area contributed by atoms with E-state index < -0.39 is 5.82 Å². The van der Waals surface area contributed by atoms with Crippen LogP contribution in [0.4, 0.5) is 15.8 Å². The van der Waals surface area contributed by atoms with Crippen LogP contribution >= 0.6 is 0 Å². The second-order valence-corrected chi connectivity index (χ2v) is 5.67. The molecule has 0 bridgehead atoms. The molecule has 118 valence electrons. The minimum absolute atomic E-state index is 0.000830. The molecule has 2 N–H and O–H groups in total. The van der Waals surface area contributed by atoms with Crippen LogP contribution in [-0.4, -0.2) is 11.8 Å². The molecule has 2 aromatic rings. The SMILES string of the molecule is CC(=O)Nc1cc(C(=O)Nc2ccc3c(c2)CCC3)ccc1F. The number of nitrogens with one attached hydrogen (secondary N) is 2. The summed E-state index contributed by atoms with van der Waals surface area (Å²) < 4.78 is 13.6. The van der Waals surface area contributed by atoms with Gasteiger partial charge in [0.1, 0.15) is 5.82 Å². The van der Waals surface area contributed by atoms with Crippen LogP contribution in [0.3, 0.4) is 0 Å². The van der Waals surface area contributed by atoms with Crippen molar-refractivity contribution in [3.63, 3.8) is 0 Å². The van der Waals surface area contributed by atoms with Gasteiger partial charge in [-0.05, 0) is 60.7 Å². The molecule has 1 aliphatic rings. The van der Waals surface area contributed by atoms with E-state index in [1.807, 2.05) is 18.2 Å². The van der Waals surface area contributed by atoms with Crippen molar-refractivity contribution in [1.29, 1.82) is 0 Å². The largest absolute Gasteiger partial charge is 0.324 e. The third-order valence-corrected chi connectivity index (χ3v) is 3.90. The maximum atomic E-state index is 13.6. The smallest absolute Gasteiger partial charge is 0.255 e. The van der Waals surface area contributed by atoms with Crippen molar-refractivity contribution >= 4 is 23.2 Å².